The monoisotopic (exact) mass is 275 g/mol. The van der Waals surface area contributed by atoms with Gasteiger partial charge in [0.15, 0.2) is 5.78 Å². The van der Waals surface area contributed by atoms with Gasteiger partial charge in [-0.15, -0.1) is 0 Å². The van der Waals surface area contributed by atoms with E-state index in [9.17, 15) is 13.2 Å². The molecule has 0 aromatic carbocycles. The molecule has 0 amide bonds. The Morgan fingerprint density at radius 2 is 1.94 bits per heavy atom. The Bertz CT molecular complexity index is 400. The Hall–Kier alpha value is -0.420. The maximum absolute atomic E-state index is 12.4. The van der Waals surface area contributed by atoms with E-state index in [4.69, 9.17) is 0 Å². The summed E-state index contributed by atoms with van der Waals surface area (Å²) in [5, 5.41) is 2.84. The summed E-state index contributed by atoms with van der Waals surface area (Å²) in [4.78, 5) is 12.4. The van der Waals surface area contributed by atoms with E-state index < -0.39 is 15.4 Å². The van der Waals surface area contributed by atoms with Crippen molar-refractivity contribution in [2.75, 3.05) is 12.8 Å². The number of Topliss-reactive ketones (excluding diaryl/α,β-unsaturated/α-hetero) is 1. The fraction of sp³-hybridized carbons (Fsp3) is 0.923. The molecule has 0 spiro atoms. The van der Waals surface area contributed by atoms with Crippen molar-refractivity contribution in [2.45, 2.75) is 57.2 Å². The average Bonchev–Trinajstić information content (AvgIpc) is 2.27. The highest BCUT2D eigenvalue weighted by Crippen LogP contribution is 2.31. The lowest BCUT2D eigenvalue weighted by Gasteiger charge is -2.33. The third-order valence-electron chi connectivity index (χ3n) is 3.84. The van der Waals surface area contributed by atoms with Gasteiger partial charge in [0.1, 0.15) is 9.84 Å². The number of nitrogens with one attached hydrogen (secondary N) is 1. The number of hydrogen-bond donors (Lipinski definition) is 1. The van der Waals surface area contributed by atoms with Gasteiger partial charge in [0, 0.05) is 12.2 Å². The number of sulfone groups is 1. The molecule has 1 fully saturated rings. The molecular weight excluding hydrogens is 250 g/mol. The molecule has 4 nitrogen and oxygen atoms in total. The molecule has 0 saturated heterocycles. The highest BCUT2D eigenvalue weighted by atomic mass is 32.2. The topological polar surface area (TPSA) is 63.2 Å². The summed E-state index contributed by atoms with van der Waals surface area (Å²) in [5.41, 5.74) is -0.557. The SMILES string of the molecule is CCNC(C)(C)C(=O)C1CCCC(S(C)(=O)=O)C1. The molecule has 1 saturated carbocycles. The summed E-state index contributed by atoms with van der Waals surface area (Å²) in [7, 11) is -3.02. The molecule has 1 aliphatic rings. The molecule has 106 valence electrons. The van der Waals surface area contributed by atoms with Crippen LogP contribution in [0.1, 0.15) is 46.5 Å². The van der Waals surface area contributed by atoms with Crippen LogP contribution in [0.2, 0.25) is 0 Å². The minimum Gasteiger partial charge on any atom is -0.306 e. The van der Waals surface area contributed by atoms with Crippen molar-refractivity contribution in [1.82, 2.24) is 5.32 Å². The number of carbonyl (C=O) groups excluding carboxylic acids is 1. The predicted octanol–water partition coefficient (Wildman–Crippen LogP) is 1.55. The maximum atomic E-state index is 12.4. The number of hydrogen-bond acceptors (Lipinski definition) is 4. The van der Waals surface area contributed by atoms with Crippen molar-refractivity contribution >= 4 is 15.6 Å². The lowest BCUT2D eigenvalue weighted by atomic mass is 9.79. The zero-order chi connectivity index (χ0) is 14.0. The summed E-state index contributed by atoms with van der Waals surface area (Å²) in [6.45, 7) is 6.46. The predicted molar refractivity (Wildman–Crippen MR) is 73.4 cm³/mol. The summed E-state index contributed by atoms with van der Waals surface area (Å²) in [6, 6.07) is 0. The molecule has 0 aromatic rings. The Morgan fingerprint density at radius 3 is 2.44 bits per heavy atom. The van der Waals surface area contributed by atoms with Gasteiger partial charge in [0.2, 0.25) is 0 Å². The second kappa shape index (κ2) is 5.70. The largest absolute Gasteiger partial charge is 0.306 e. The van der Waals surface area contributed by atoms with Crippen LogP contribution in [-0.2, 0) is 14.6 Å². The van der Waals surface area contributed by atoms with E-state index in [0.717, 1.165) is 19.4 Å². The highest BCUT2D eigenvalue weighted by Gasteiger charge is 2.38. The summed E-state index contributed by atoms with van der Waals surface area (Å²) in [5.74, 6) is 0.0326. The zero-order valence-corrected chi connectivity index (χ0v) is 12.6. The van der Waals surface area contributed by atoms with E-state index in [1.165, 1.54) is 6.26 Å². The normalized spacial score (nSPS) is 26.0. The smallest absolute Gasteiger partial charge is 0.155 e. The second-order valence-corrected chi connectivity index (χ2v) is 8.16. The molecule has 2 atom stereocenters. The van der Waals surface area contributed by atoms with Gasteiger partial charge in [-0.1, -0.05) is 13.3 Å². The quantitative estimate of drug-likeness (QED) is 0.827. The van der Waals surface area contributed by atoms with Crippen LogP contribution in [0.15, 0.2) is 0 Å². The van der Waals surface area contributed by atoms with Crippen LogP contribution in [0.5, 0.6) is 0 Å². The molecule has 1 rings (SSSR count). The average molecular weight is 275 g/mol. The molecule has 0 aromatic heterocycles. The number of carbonyl (C=O) groups is 1. The van der Waals surface area contributed by atoms with E-state index in [1.54, 1.807) is 0 Å². The second-order valence-electron chi connectivity index (χ2n) is 5.83. The van der Waals surface area contributed by atoms with Crippen molar-refractivity contribution in [2.24, 2.45) is 5.92 Å². The third kappa shape index (κ3) is 3.79. The number of likely N-dealkylation sites (N-methyl/N-ethyl adjacent to an activating group) is 1. The van der Waals surface area contributed by atoms with E-state index in [2.05, 4.69) is 5.32 Å². The van der Waals surface area contributed by atoms with Crippen molar-refractivity contribution in [3.05, 3.63) is 0 Å². The van der Waals surface area contributed by atoms with Gasteiger partial charge in [-0.3, -0.25) is 4.79 Å². The molecule has 0 bridgehead atoms. The van der Waals surface area contributed by atoms with Gasteiger partial charge in [-0.25, -0.2) is 8.42 Å². The lowest BCUT2D eigenvalue weighted by molar-refractivity contribution is -0.129. The first-order valence-corrected chi connectivity index (χ1v) is 8.62. The Labute approximate surface area is 110 Å². The fourth-order valence-corrected chi connectivity index (χ4v) is 3.99. The lowest BCUT2D eigenvalue weighted by Crippen LogP contribution is -2.50. The molecule has 0 aliphatic heterocycles. The summed E-state index contributed by atoms with van der Waals surface area (Å²) in [6.07, 6.45) is 4.12. The van der Waals surface area contributed by atoms with Crippen molar-refractivity contribution < 1.29 is 13.2 Å². The Kier molecular flexibility index (Phi) is 4.95. The zero-order valence-electron chi connectivity index (χ0n) is 11.8. The first-order chi connectivity index (χ1) is 8.18. The van der Waals surface area contributed by atoms with Gasteiger partial charge >= 0.3 is 0 Å². The third-order valence-corrected chi connectivity index (χ3v) is 5.48. The molecule has 5 heteroatoms. The first kappa shape index (κ1) is 15.6. The fourth-order valence-electron chi connectivity index (χ4n) is 2.81. The Balaban J connectivity index is 2.76. The van der Waals surface area contributed by atoms with Gasteiger partial charge < -0.3 is 5.32 Å². The highest BCUT2D eigenvalue weighted by molar-refractivity contribution is 7.91. The van der Waals surface area contributed by atoms with E-state index in [-0.39, 0.29) is 17.0 Å². The van der Waals surface area contributed by atoms with Crippen LogP contribution in [0, 0.1) is 5.92 Å². The van der Waals surface area contributed by atoms with E-state index in [1.807, 2.05) is 20.8 Å². The number of ketones is 1. The summed E-state index contributed by atoms with van der Waals surface area (Å²) < 4.78 is 23.2. The maximum Gasteiger partial charge on any atom is 0.155 e. The molecule has 1 N–H and O–H groups in total. The first-order valence-electron chi connectivity index (χ1n) is 6.66. The molecule has 0 radical (unpaired) electrons. The van der Waals surface area contributed by atoms with Crippen LogP contribution in [-0.4, -0.2) is 37.8 Å². The molecular formula is C13H25NO3S. The van der Waals surface area contributed by atoms with Gasteiger partial charge in [-0.2, -0.15) is 0 Å². The molecule has 2 unspecified atom stereocenters. The van der Waals surface area contributed by atoms with Gasteiger partial charge in [0.05, 0.1) is 10.8 Å². The van der Waals surface area contributed by atoms with Gasteiger partial charge in [-0.05, 0) is 39.7 Å². The minimum absolute atomic E-state index is 0.118. The molecule has 1 aliphatic carbocycles. The standard InChI is InChI=1S/C13H25NO3S/c1-5-14-13(2,3)12(15)10-7-6-8-11(9-10)18(4,16)17/h10-11,14H,5-9H2,1-4H3. The van der Waals surface area contributed by atoms with Crippen molar-refractivity contribution in [3.8, 4) is 0 Å². The van der Waals surface area contributed by atoms with Crippen LogP contribution in [0.4, 0.5) is 0 Å². The van der Waals surface area contributed by atoms with Crippen molar-refractivity contribution in [1.29, 1.82) is 0 Å². The van der Waals surface area contributed by atoms with E-state index >= 15 is 0 Å². The summed E-state index contributed by atoms with van der Waals surface area (Å²) >= 11 is 0. The molecule has 0 heterocycles. The van der Waals surface area contributed by atoms with Gasteiger partial charge in [0.25, 0.3) is 0 Å². The van der Waals surface area contributed by atoms with Crippen LogP contribution < -0.4 is 5.32 Å². The van der Waals surface area contributed by atoms with Crippen LogP contribution in [0.3, 0.4) is 0 Å². The van der Waals surface area contributed by atoms with Crippen LogP contribution >= 0.6 is 0 Å². The van der Waals surface area contributed by atoms with E-state index in [0.29, 0.717) is 12.8 Å². The number of rotatable bonds is 5. The molecule has 18 heavy (non-hydrogen) atoms. The Morgan fingerprint density at radius 1 is 1.33 bits per heavy atom. The van der Waals surface area contributed by atoms with Crippen molar-refractivity contribution in [3.63, 3.8) is 0 Å². The van der Waals surface area contributed by atoms with Crippen LogP contribution in [0.25, 0.3) is 0 Å². The minimum atomic E-state index is -3.02.